The predicted octanol–water partition coefficient (Wildman–Crippen LogP) is 14.1. The summed E-state index contributed by atoms with van der Waals surface area (Å²) in [6, 6.07) is 65.3. The van der Waals surface area contributed by atoms with E-state index in [2.05, 4.69) is 190 Å². The number of nitrogens with zero attached hydrogens (tertiary/aromatic N) is 1. The van der Waals surface area contributed by atoms with Gasteiger partial charge in [-0.25, -0.2) is 0 Å². The third kappa shape index (κ3) is 5.09. The Morgan fingerprint density at radius 3 is 1.49 bits per heavy atom. The van der Waals surface area contributed by atoms with Gasteiger partial charge in [0.05, 0.1) is 11.0 Å². The van der Waals surface area contributed by atoms with Gasteiger partial charge in [0, 0.05) is 37.3 Å². The van der Waals surface area contributed by atoms with Gasteiger partial charge in [-0.05, 0) is 93.5 Å². The molecule has 0 spiro atoms. The Bertz CT molecular complexity index is 2880. The van der Waals surface area contributed by atoms with Gasteiger partial charge < -0.3 is 8.98 Å². The van der Waals surface area contributed by atoms with Gasteiger partial charge in [-0.15, -0.1) is 0 Å². The fourth-order valence-electron chi connectivity index (χ4n) is 7.55. The van der Waals surface area contributed by atoms with E-state index in [0.717, 1.165) is 43.2 Å². The normalized spacial score (nSPS) is 11.6. The molecule has 3 heteroatoms. The number of hydrogen-bond donors (Lipinski definition) is 0. The standard InChI is InChI=1S/C48H30BrNO/c49-38-25-21-32(22-26-38)31-13-15-33(16-14-31)36-23-27-45-43(29-36)44-30-37(24-28-46(44)50(45)39-7-2-1-3-8-39)34-17-19-35(20-18-34)40-10-6-11-42-41-9-4-5-12-47(41)51-48(40)42/h1-30H. The van der Waals surface area contributed by atoms with Crippen molar-refractivity contribution in [2.24, 2.45) is 0 Å². The largest absolute Gasteiger partial charge is 0.455 e. The van der Waals surface area contributed by atoms with Crippen LogP contribution in [0.4, 0.5) is 0 Å². The average molecular weight is 717 g/mol. The molecule has 0 unspecified atom stereocenters. The Hall–Kier alpha value is -6.16. The van der Waals surface area contributed by atoms with E-state index < -0.39 is 0 Å². The molecular weight excluding hydrogens is 686 g/mol. The van der Waals surface area contributed by atoms with Gasteiger partial charge in [-0.2, -0.15) is 0 Å². The maximum Gasteiger partial charge on any atom is 0.143 e. The molecule has 240 valence electrons. The average Bonchev–Trinajstić information content (AvgIpc) is 3.74. The Kier molecular flexibility index (Phi) is 7.00. The van der Waals surface area contributed by atoms with Gasteiger partial charge in [-0.3, -0.25) is 0 Å². The van der Waals surface area contributed by atoms with E-state index in [9.17, 15) is 0 Å². The van der Waals surface area contributed by atoms with E-state index in [1.807, 2.05) is 12.1 Å². The Morgan fingerprint density at radius 2 is 0.863 bits per heavy atom. The summed E-state index contributed by atoms with van der Waals surface area (Å²) in [5, 5.41) is 4.76. The molecule has 2 heterocycles. The number of furan rings is 1. The molecular formula is C48H30BrNO. The first-order valence-electron chi connectivity index (χ1n) is 17.2. The first-order chi connectivity index (χ1) is 25.2. The number of rotatable bonds is 5. The second kappa shape index (κ2) is 12.0. The van der Waals surface area contributed by atoms with E-state index in [1.54, 1.807) is 0 Å². The van der Waals surface area contributed by atoms with Crippen LogP contribution in [0.3, 0.4) is 0 Å². The molecule has 10 aromatic rings. The summed E-state index contributed by atoms with van der Waals surface area (Å²) in [6.07, 6.45) is 0. The molecule has 0 aliphatic rings. The van der Waals surface area contributed by atoms with Crippen molar-refractivity contribution in [2.75, 3.05) is 0 Å². The highest BCUT2D eigenvalue weighted by molar-refractivity contribution is 9.10. The summed E-state index contributed by atoms with van der Waals surface area (Å²) in [4.78, 5) is 0. The van der Waals surface area contributed by atoms with Crippen LogP contribution in [0.2, 0.25) is 0 Å². The van der Waals surface area contributed by atoms with Crippen molar-refractivity contribution in [3.8, 4) is 50.2 Å². The van der Waals surface area contributed by atoms with Crippen molar-refractivity contribution >= 4 is 59.7 Å². The van der Waals surface area contributed by atoms with E-state index in [-0.39, 0.29) is 0 Å². The third-order valence-electron chi connectivity index (χ3n) is 10.1. The Labute approximate surface area is 304 Å². The monoisotopic (exact) mass is 715 g/mol. The second-order valence-electron chi connectivity index (χ2n) is 13.1. The number of para-hydroxylation sites is 3. The van der Waals surface area contributed by atoms with E-state index in [1.165, 1.54) is 55.2 Å². The molecule has 51 heavy (non-hydrogen) atoms. The van der Waals surface area contributed by atoms with Gasteiger partial charge in [-0.1, -0.05) is 143 Å². The number of halogens is 1. The molecule has 0 fully saturated rings. The maximum absolute atomic E-state index is 6.35. The fraction of sp³-hybridized carbons (Fsp3) is 0. The van der Waals surface area contributed by atoms with Crippen LogP contribution in [0.25, 0.3) is 93.9 Å². The summed E-state index contributed by atoms with van der Waals surface area (Å²) >= 11 is 3.55. The van der Waals surface area contributed by atoms with Crippen LogP contribution < -0.4 is 0 Å². The molecule has 0 N–H and O–H groups in total. The lowest BCUT2D eigenvalue weighted by Crippen LogP contribution is -1.93. The highest BCUT2D eigenvalue weighted by atomic mass is 79.9. The summed E-state index contributed by atoms with van der Waals surface area (Å²) in [5.41, 5.74) is 14.8. The minimum absolute atomic E-state index is 0.917. The van der Waals surface area contributed by atoms with Crippen molar-refractivity contribution in [3.05, 3.63) is 186 Å². The van der Waals surface area contributed by atoms with Gasteiger partial charge >= 0.3 is 0 Å². The molecule has 0 atom stereocenters. The molecule has 0 saturated heterocycles. The summed E-state index contributed by atoms with van der Waals surface area (Å²) in [6.45, 7) is 0. The zero-order valence-electron chi connectivity index (χ0n) is 27.6. The highest BCUT2D eigenvalue weighted by Crippen LogP contribution is 2.39. The van der Waals surface area contributed by atoms with Crippen LogP contribution >= 0.6 is 15.9 Å². The summed E-state index contributed by atoms with van der Waals surface area (Å²) < 4.78 is 9.82. The minimum Gasteiger partial charge on any atom is -0.455 e. The topological polar surface area (TPSA) is 18.1 Å². The SMILES string of the molecule is Brc1ccc(-c2ccc(-c3ccc4c(c3)c3cc(-c5ccc(-c6cccc7c6oc6ccccc67)cc5)ccc3n4-c3ccccc3)cc2)cc1. The molecule has 2 nitrogen and oxygen atoms in total. The van der Waals surface area contributed by atoms with E-state index in [0.29, 0.717) is 0 Å². The van der Waals surface area contributed by atoms with Gasteiger partial charge in [0.15, 0.2) is 0 Å². The molecule has 2 aromatic heterocycles. The predicted molar refractivity (Wildman–Crippen MR) is 218 cm³/mol. The summed E-state index contributed by atoms with van der Waals surface area (Å²) in [5.74, 6) is 0. The molecule has 0 radical (unpaired) electrons. The van der Waals surface area contributed by atoms with Gasteiger partial charge in [0.2, 0.25) is 0 Å². The van der Waals surface area contributed by atoms with Crippen molar-refractivity contribution in [2.45, 2.75) is 0 Å². The van der Waals surface area contributed by atoms with E-state index >= 15 is 0 Å². The van der Waals surface area contributed by atoms with Crippen LogP contribution in [0.15, 0.2) is 191 Å². The Morgan fingerprint density at radius 1 is 0.373 bits per heavy atom. The quantitative estimate of drug-likeness (QED) is 0.173. The lowest BCUT2D eigenvalue weighted by Gasteiger charge is -2.09. The molecule has 0 saturated carbocycles. The van der Waals surface area contributed by atoms with Crippen molar-refractivity contribution in [3.63, 3.8) is 0 Å². The van der Waals surface area contributed by atoms with Crippen LogP contribution in [0, 0.1) is 0 Å². The van der Waals surface area contributed by atoms with Crippen LogP contribution in [-0.2, 0) is 0 Å². The first kappa shape index (κ1) is 29.7. The third-order valence-corrected chi connectivity index (χ3v) is 10.6. The molecule has 10 rings (SSSR count). The van der Waals surface area contributed by atoms with Gasteiger partial charge in [0.1, 0.15) is 11.2 Å². The minimum atomic E-state index is 0.917. The molecule has 0 aliphatic heterocycles. The summed E-state index contributed by atoms with van der Waals surface area (Å²) in [7, 11) is 0. The Balaban J connectivity index is 1.07. The second-order valence-corrected chi connectivity index (χ2v) is 14.0. The van der Waals surface area contributed by atoms with Crippen molar-refractivity contribution in [1.82, 2.24) is 4.57 Å². The lowest BCUT2D eigenvalue weighted by atomic mass is 9.97. The molecule has 0 aliphatic carbocycles. The van der Waals surface area contributed by atoms with Crippen LogP contribution in [0.5, 0.6) is 0 Å². The van der Waals surface area contributed by atoms with Gasteiger partial charge in [0.25, 0.3) is 0 Å². The smallest absolute Gasteiger partial charge is 0.143 e. The van der Waals surface area contributed by atoms with Crippen LogP contribution in [0.1, 0.15) is 0 Å². The van der Waals surface area contributed by atoms with E-state index in [4.69, 9.17) is 4.42 Å². The van der Waals surface area contributed by atoms with Crippen molar-refractivity contribution < 1.29 is 4.42 Å². The highest BCUT2D eigenvalue weighted by Gasteiger charge is 2.16. The molecule has 8 aromatic carbocycles. The van der Waals surface area contributed by atoms with Crippen LogP contribution in [-0.4, -0.2) is 4.57 Å². The fourth-order valence-corrected chi connectivity index (χ4v) is 7.82. The number of fused-ring (bicyclic) bond motifs is 6. The number of benzene rings is 8. The maximum atomic E-state index is 6.35. The zero-order chi connectivity index (χ0) is 33.9. The zero-order valence-corrected chi connectivity index (χ0v) is 29.1. The number of hydrogen-bond acceptors (Lipinski definition) is 1. The molecule has 0 bridgehead atoms. The van der Waals surface area contributed by atoms with Crippen molar-refractivity contribution in [1.29, 1.82) is 0 Å². The first-order valence-corrected chi connectivity index (χ1v) is 18.0. The number of aromatic nitrogens is 1. The lowest BCUT2D eigenvalue weighted by molar-refractivity contribution is 0.670. The molecule has 0 amide bonds.